The molecule has 0 bridgehead atoms. The van der Waals surface area contributed by atoms with Crippen molar-refractivity contribution in [1.82, 2.24) is 5.32 Å². The molecule has 0 radical (unpaired) electrons. The number of halogens is 1. The minimum Gasteiger partial charge on any atom is -0.494 e. The Morgan fingerprint density at radius 3 is 2.77 bits per heavy atom. The number of carbonyl (C=O) groups is 1. The summed E-state index contributed by atoms with van der Waals surface area (Å²) in [5.74, 6) is -0.210. The van der Waals surface area contributed by atoms with E-state index >= 15 is 0 Å². The molecule has 22 heavy (non-hydrogen) atoms. The van der Waals surface area contributed by atoms with E-state index in [0.717, 1.165) is 5.56 Å². The van der Waals surface area contributed by atoms with Gasteiger partial charge in [0.25, 0.3) is 0 Å². The summed E-state index contributed by atoms with van der Waals surface area (Å²) in [6.45, 7) is 1.90. The van der Waals surface area contributed by atoms with Gasteiger partial charge in [0.2, 0.25) is 5.91 Å². The van der Waals surface area contributed by atoms with Crippen molar-refractivity contribution < 1.29 is 18.7 Å². The number of nitrogens with one attached hydrogen (secondary N) is 1. The van der Waals surface area contributed by atoms with Crippen LogP contribution in [0.2, 0.25) is 0 Å². The van der Waals surface area contributed by atoms with E-state index in [9.17, 15) is 9.18 Å². The van der Waals surface area contributed by atoms with Gasteiger partial charge in [-0.15, -0.1) is 0 Å². The zero-order chi connectivity index (χ0) is 16.0. The number of hydrogen-bond donors (Lipinski definition) is 2. The Morgan fingerprint density at radius 1 is 1.45 bits per heavy atom. The summed E-state index contributed by atoms with van der Waals surface area (Å²) in [6.07, 6.45) is 1.85. The fourth-order valence-corrected chi connectivity index (χ4v) is 2.66. The van der Waals surface area contributed by atoms with E-state index in [4.69, 9.17) is 15.2 Å². The molecule has 0 aromatic heterocycles. The molecule has 3 N–H and O–H groups in total. The third kappa shape index (κ3) is 3.75. The Kier molecular flexibility index (Phi) is 5.74. The highest BCUT2D eigenvalue weighted by atomic mass is 19.1. The average molecular weight is 310 g/mol. The number of nitrogens with two attached hydrogens (primary N) is 1. The van der Waals surface area contributed by atoms with Gasteiger partial charge in [0.05, 0.1) is 12.5 Å². The SMILES string of the molecule is COc1ccc(CCNC(=O)C2(CN)CCOCC2)cc1F. The minimum atomic E-state index is -0.524. The van der Waals surface area contributed by atoms with Crippen molar-refractivity contribution in [3.8, 4) is 5.75 Å². The summed E-state index contributed by atoms with van der Waals surface area (Å²) < 4.78 is 23.8. The summed E-state index contributed by atoms with van der Waals surface area (Å²) in [5, 5.41) is 2.91. The lowest BCUT2D eigenvalue weighted by Crippen LogP contribution is -2.49. The molecule has 0 atom stereocenters. The molecule has 1 aliphatic rings. The Morgan fingerprint density at radius 2 is 2.18 bits per heavy atom. The van der Waals surface area contributed by atoms with Crippen LogP contribution in [0, 0.1) is 11.2 Å². The topological polar surface area (TPSA) is 73.6 Å². The number of hydrogen-bond acceptors (Lipinski definition) is 4. The maximum absolute atomic E-state index is 13.6. The number of methoxy groups -OCH3 is 1. The predicted octanol–water partition coefficient (Wildman–Crippen LogP) is 1.25. The second kappa shape index (κ2) is 7.56. The molecular formula is C16H23FN2O3. The smallest absolute Gasteiger partial charge is 0.227 e. The van der Waals surface area contributed by atoms with Crippen LogP contribution in [0.25, 0.3) is 0 Å². The van der Waals surface area contributed by atoms with Gasteiger partial charge in [0.1, 0.15) is 0 Å². The lowest BCUT2D eigenvalue weighted by atomic mass is 9.79. The predicted molar refractivity (Wildman–Crippen MR) is 81.2 cm³/mol. The van der Waals surface area contributed by atoms with Crippen LogP contribution in [0.1, 0.15) is 18.4 Å². The molecule has 122 valence electrons. The van der Waals surface area contributed by atoms with E-state index in [1.54, 1.807) is 12.1 Å². The molecule has 0 spiro atoms. The zero-order valence-electron chi connectivity index (χ0n) is 12.9. The van der Waals surface area contributed by atoms with Gasteiger partial charge >= 0.3 is 0 Å². The molecule has 1 fully saturated rings. The van der Waals surface area contributed by atoms with Crippen LogP contribution in [-0.2, 0) is 16.0 Å². The molecule has 0 unspecified atom stereocenters. The zero-order valence-corrected chi connectivity index (χ0v) is 12.9. The van der Waals surface area contributed by atoms with Crippen LogP contribution in [0.5, 0.6) is 5.75 Å². The highest BCUT2D eigenvalue weighted by Crippen LogP contribution is 2.29. The van der Waals surface area contributed by atoms with Gasteiger partial charge in [-0.2, -0.15) is 0 Å². The summed E-state index contributed by atoms with van der Waals surface area (Å²) >= 11 is 0. The first-order valence-electron chi connectivity index (χ1n) is 7.50. The molecule has 1 saturated heterocycles. The van der Waals surface area contributed by atoms with Gasteiger partial charge in [0.15, 0.2) is 11.6 Å². The Bertz CT molecular complexity index is 516. The van der Waals surface area contributed by atoms with Gasteiger partial charge in [-0.25, -0.2) is 4.39 Å². The lowest BCUT2D eigenvalue weighted by Gasteiger charge is -2.34. The summed E-state index contributed by atoms with van der Waals surface area (Å²) in [5.41, 5.74) is 6.08. The van der Waals surface area contributed by atoms with E-state index in [1.807, 2.05) is 0 Å². The summed E-state index contributed by atoms with van der Waals surface area (Å²) in [4.78, 5) is 12.4. The van der Waals surface area contributed by atoms with Crippen LogP contribution < -0.4 is 15.8 Å². The van der Waals surface area contributed by atoms with Crippen LogP contribution >= 0.6 is 0 Å². The van der Waals surface area contributed by atoms with E-state index in [1.165, 1.54) is 13.2 Å². The first-order chi connectivity index (χ1) is 10.6. The highest BCUT2D eigenvalue weighted by Gasteiger charge is 2.38. The first-order valence-corrected chi connectivity index (χ1v) is 7.50. The number of ether oxygens (including phenoxy) is 2. The van der Waals surface area contributed by atoms with E-state index in [2.05, 4.69) is 5.32 Å². The van der Waals surface area contributed by atoms with Crippen molar-refractivity contribution in [3.05, 3.63) is 29.6 Å². The normalized spacial score (nSPS) is 17.0. The van der Waals surface area contributed by atoms with E-state index in [-0.39, 0.29) is 11.7 Å². The molecule has 0 aliphatic carbocycles. The van der Waals surface area contributed by atoms with E-state index < -0.39 is 11.2 Å². The maximum atomic E-state index is 13.6. The number of carbonyl (C=O) groups excluding carboxylic acids is 1. The van der Waals surface area contributed by atoms with Crippen molar-refractivity contribution in [2.24, 2.45) is 11.1 Å². The molecule has 1 aliphatic heterocycles. The molecular weight excluding hydrogens is 287 g/mol. The van der Waals surface area contributed by atoms with Gasteiger partial charge in [-0.1, -0.05) is 6.07 Å². The largest absolute Gasteiger partial charge is 0.494 e. The minimum absolute atomic E-state index is 0.0349. The van der Waals surface area contributed by atoms with Gasteiger partial charge < -0.3 is 20.5 Å². The van der Waals surface area contributed by atoms with Crippen molar-refractivity contribution in [2.45, 2.75) is 19.3 Å². The van der Waals surface area contributed by atoms with Crippen LogP contribution in [0.15, 0.2) is 18.2 Å². The summed E-state index contributed by atoms with van der Waals surface area (Å²) in [7, 11) is 1.43. The molecule has 2 rings (SSSR count). The lowest BCUT2D eigenvalue weighted by molar-refractivity contribution is -0.135. The first kappa shape index (κ1) is 16.7. The number of rotatable bonds is 6. The molecule has 1 amide bonds. The molecule has 1 aromatic rings. The highest BCUT2D eigenvalue weighted by molar-refractivity contribution is 5.83. The van der Waals surface area contributed by atoms with Crippen LogP contribution in [0.3, 0.4) is 0 Å². The maximum Gasteiger partial charge on any atom is 0.227 e. The standard InChI is InChI=1S/C16H23FN2O3/c1-21-14-3-2-12(10-13(14)17)4-7-19-15(20)16(11-18)5-8-22-9-6-16/h2-3,10H,4-9,11,18H2,1H3,(H,19,20). The molecule has 6 heteroatoms. The second-order valence-corrected chi connectivity index (χ2v) is 5.57. The van der Waals surface area contributed by atoms with Gasteiger partial charge in [-0.3, -0.25) is 4.79 Å². The molecule has 1 aromatic carbocycles. The van der Waals surface area contributed by atoms with Gasteiger partial charge in [-0.05, 0) is 37.0 Å². The summed E-state index contributed by atoms with van der Waals surface area (Å²) in [6, 6.07) is 4.81. The van der Waals surface area contributed by atoms with Crippen molar-refractivity contribution >= 4 is 5.91 Å². The third-order valence-corrected chi connectivity index (χ3v) is 4.24. The third-order valence-electron chi connectivity index (χ3n) is 4.24. The fraction of sp³-hybridized carbons (Fsp3) is 0.562. The van der Waals surface area contributed by atoms with Gasteiger partial charge in [0, 0.05) is 26.3 Å². The number of benzene rings is 1. The van der Waals surface area contributed by atoms with Crippen LogP contribution in [0.4, 0.5) is 4.39 Å². The second-order valence-electron chi connectivity index (χ2n) is 5.57. The molecule has 5 nitrogen and oxygen atoms in total. The fourth-order valence-electron chi connectivity index (χ4n) is 2.66. The van der Waals surface area contributed by atoms with Crippen molar-refractivity contribution in [3.63, 3.8) is 0 Å². The molecule has 1 heterocycles. The number of amides is 1. The quantitative estimate of drug-likeness (QED) is 0.829. The average Bonchev–Trinajstić information content (AvgIpc) is 2.55. The monoisotopic (exact) mass is 310 g/mol. The Labute approximate surface area is 130 Å². The Balaban J connectivity index is 1.87. The van der Waals surface area contributed by atoms with Crippen molar-refractivity contribution in [2.75, 3.05) is 33.4 Å². The van der Waals surface area contributed by atoms with E-state index in [0.29, 0.717) is 45.6 Å². The molecule has 0 saturated carbocycles. The van der Waals surface area contributed by atoms with Crippen molar-refractivity contribution in [1.29, 1.82) is 0 Å². The Hall–Kier alpha value is -1.66. The van der Waals surface area contributed by atoms with Crippen LogP contribution in [-0.4, -0.2) is 39.3 Å².